The highest BCUT2D eigenvalue weighted by Crippen LogP contribution is 2.42. The molecule has 0 unspecified atom stereocenters. The number of aliphatic hydroxyl groups excluding tert-OH is 1. The van der Waals surface area contributed by atoms with E-state index in [4.69, 9.17) is 9.47 Å². The molecule has 0 spiro atoms. The van der Waals surface area contributed by atoms with Crippen LogP contribution in [-0.4, -0.2) is 59.7 Å². The molecule has 0 radical (unpaired) electrons. The van der Waals surface area contributed by atoms with E-state index >= 15 is 0 Å². The average Bonchev–Trinajstić information content (AvgIpc) is 3.12. The Labute approximate surface area is 281 Å². The number of rotatable bonds is 10. The van der Waals surface area contributed by atoms with Gasteiger partial charge in [-0.2, -0.15) is 0 Å². The van der Waals surface area contributed by atoms with Gasteiger partial charge in [-0.25, -0.2) is 0 Å². The number of hydrogen-bond donors (Lipinski definition) is 2. The Bertz CT molecular complexity index is 1710. The Kier molecular flexibility index (Phi) is 10.5. The highest BCUT2D eigenvalue weighted by molar-refractivity contribution is 5.73. The number of piperazine rings is 1. The Hall–Kier alpha value is -4.61. The van der Waals surface area contributed by atoms with Gasteiger partial charge in [0.15, 0.2) is 6.29 Å². The summed E-state index contributed by atoms with van der Waals surface area (Å²) in [5, 5.41) is 23.6. The molecule has 4 atom stereocenters. The van der Waals surface area contributed by atoms with Crippen LogP contribution in [0.3, 0.4) is 0 Å². The molecule has 6 rings (SSSR count). The van der Waals surface area contributed by atoms with Gasteiger partial charge in [-0.15, -0.1) is 0 Å². The maximum Gasteiger partial charge on any atom is 0.269 e. The van der Waals surface area contributed by atoms with Crippen LogP contribution in [0.5, 0.6) is 0 Å². The van der Waals surface area contributed by atoms with E-state index in [9.17, 15) is 20.0 Å². The first-order valence-electron chi connectivity index (χ1n) is 16.4. The Morgan fingerprint density at radius 1 is 0.875 bits per heavy atom. The van der Waals surface area contributed by atoms with Crippen LogP contribution in [-0.2, 0) is 27.4 Å². The van der Waals surface area contributed by atoms with Gasteiger partial charge in [0.25, 0.3) is 5.69 Å². The Morgan fingerprint density at radius 2 is 1.56 bits per heavy atom. The lowest BCUT2D eigenvalue weighted by Gasteiger charge is -2.44. The fraction of sp³-hybridized carbons (Fsp3) is 0.342. The summed E-state index contributed by atoms with van der Waals surface area (Å²) in [6.07, 6.45) is -0.910. The number of ether oxygens (including phenoxy) is 2. The SMILES string of the molecule is CC(=O)NCc1cccc(-c2cccc([C@@H]3O[C@H](CN4CCN(c5ccc([N+](=O)[O-])cc5)CC4)[C@H](C)[C@H](c4ccc(CO)cc4)O3)c2)c1. The molecule has 0 bridgehead atoms. The van der Waals surface area contributed by atoms with Crippen LogP contribution in [0.15, 0.2) is 97.1 Å². The number of carbonyl (C=O) groups excluding carboxylic acids is 1. The quantitative estimate of drug-likeness (QED) is 0.159. The van der Waals surface area contributed by atoms with Crippen molar-refractivity contribution < 1.29 is 24.3 Å². The molecule has 2 aliphatic heterocycles. The van der Waals surface area contributed by atoms with E-state index in [0.29, 0.717) is 6.54 Å². The number of non-ortho nitro benzene ring substituents is 1. The summed E-state index contributed by atoms with van der Waals surface area (Å²) in [6.45, 7) is 8.20. The molecule has 2 heterocycles. The number of benzene rings is 4. The molecule has 2 saturated heterocycles. The predicted molar refractivity (Wildman–Crippen MR) is 184 cm³/mol. The largest absolute Gasteiger partial charge is 0.392 e. The van der Waals surface area contributed by atoms with Gasteiger partial charge in [0, 0.05) is 75.5 Å². The zero-order valence-corrected chi connectivity index (χ0v) is 27.3. The monoisotopic (exact) mass is 650 g/mol. The van der Waals surface area contributed by atoms with Crippen molar-refractivity contribution in [2.75, 3.05) is 37.6 Å². The van der Waals surface area contributed by atoms with Crippen molar-refractivity contribution in [2.45, 2.75) is 45.5 Å². The summed E-state index contributed by atoms with van der Waals surface area (Å²) in [6, 6.07) is 31.1. The third-order valence-electron chi connectivity index (χ3n) is 9.32. The zero-order chi connectivity index (χ0) is 33.6. The number of nitro benzene ring substituents is 1. The fourth-order valence-corrected chi connectivity index (χ4v) is 6.51. The number of aliphatic hydroxyl groups is 1. The minimum Gasteiger partial charge on any atom is -0.392 e. The van der Waals surface area contributed by atoms with Crippen molar-refractivity contribution in [3.05, 3.63) is 129 Å². The molecular formula is C38H42N4O6. The van der Waals surface area contributed by atoms with Gasteiger partial charge in [-0.05, 0) is 52.1 Å². The standard InChI is InChI=1S/C38H42N4O6/c1-26-36(24-40-17-19-41(20-18-40)34-13-15-35(16-14-34)42(45)46)47-38(48-37(26)30-11-9-28(25-43)10-12-30)33-8-4-7-32(22-33)31-6-3-5-29(21-31)23-39-27(2)44/h3-16,21-22,26,36-38,43H,17-20,23-25H2,1-2H3,(H,39,44)/t26-,36+,37+,38+/m0/s1. The van der Waals surface area contributed by atoms with E-state index in [0.717, 1.165) is 71.8 Å². The van der Waals surface area contributed by atoms with Crippen molar-refractivity contribution in [3.8, 4) is 11.1 Å². The first-order valence-corrected chi connectivity index (χ1v) is 16.4. The van der Waals surface area contributed by atoms with Gasteiger partial charge in [0.05, 0.1) is 23.7 Å². The third-order valence-corrected chi connectivity index (χ3v) is 9.32. The third kappa shape index (κ3) is 7.91. The van der Waals surface area contributed by atoms with Crippen molar-refractivity contribution >= 4 is 17.3 Å². The van der Waals surface area contributed by atoms with E-state index in [1.54, 1.807) is 12.1 Å². The molecular weight excluding hydrogens is 608 g/mol. The first-order chi connectivity index (χ1) is 23.3. The second-order valence-corrected chi connectivity index (χ2v) is 12.6. The number of nitro groups is 1. The van der Waals surface area contributed by atoms with Crippen molar-refractivity contribution in [1.82, 2.24) is 10.2 Å². The maximum atomic E-state index is 11.5. The molecule has 4 aromatic carbocycles. The van der Waals surface area contributed by atoms with Gasteiger partial charge in [-0.1, -0.05) is 67.6 Å². The second kappa shape index (κ2) is 15.1. The number of anilines is 1. The minimum absolute atomic E-state index is 0.0135. The predicted octanol–water partition coefficient (Wildman–Crippen LogP) is 6.00. The molecule has 48 heavy (non-hydrogen) atoms. The van der Waals surface area contributed by atoms with Crippen LogP contribution >= 0.6 is 0 Å². The van der Waals surface area contributed by atoms with E-state index in [-0.39, 0.29) is 41.3 Å². The lowest BCUT2D eigenvalue weighted by molar-refractivity contribution is -0.384. The highest BCUT2D eigenvalue weighted by Gasteiger charge is 2.39. The smallest absolute Gasteiger partial charge is 0.269 e. The van der Waals surface area contributed by atoms with Gasteiger partial charge in [-0.3, -0.25) is 19.8 Å². The van der Waals surface area contributed by atoms with Crippen molar-refractivity contribution in [2.24, 2.45) is 5.92 Å². The molecule has 10 heteroatoms. The molecule has 250 valence electrons. The molecule has 2 fully saturated rings. The molecule has 10 nitrogen and oxygen atoms in total. The molecule has 1 amide bonds. The zero-order valence-electron chi connectivity index (χ0n) is 27.3. The van der Waals surface area contributed by atoms with E-state index in [1.807, 2.05) is 60.7 Å². The molecule has 2 N–H and O–H groups in total. The number of nitrogens with one attached hydrogen (secondary N) is 1. The normalized spacial score (nSPS) is 21.5. The van der Waals surface area contributed by atoms with E-state index < -0.39 is 6.29 Å². The van der Waals surface area contributed by atoms with E-state index in [2.05, 4.69) is 46.3 Å². The van der Waals surface area contributed by atoms with Gasteiger partial charge in [0.2, 0.25) is 5.91 Å². The van der Waals surface area contributed by atoms with Crippen molar-refractivity contribution in [3.63, 3.8) is 0 Å². The first kappa shape index (κ1) is 33.3. The molecule has 0 saturated carbocycles. The summed E-state index contributed by atoms with van der Waals surface area (Å²) in [4.78, 5) is 26.9. The second-order valence-electron chi connectivity index (χ2n) is 12.6. The number of nitrogens with zero attached hydrogens (tertiary/aromatic N) is 3. The summed E-state index contributed by atoms with van der Waals surface area (Å²) in [5.41, 5.74) is 7.01. The highest BCUT2D eigenvalue weighted by atomic mass is 16.7. The van der Waals surface area contributed by atoms with Gasteiger partial charge in [0.1, 0.15) is 0 Å². The van der Waals surface area contributed by atoms with Gasteiger partial charge < -0.3 is 24.8 Å². The topological polar surface area (TPSA) is 117 Å². The average molecular weight is 651 g/mol. The van der Waals surface area contributed by atoms with Crippen LogP contribution in [0.2, 0.25) is 0 Å². The van der Waals surface area contributed by atoms with Crippen molar-refractivity contribution in [1.29, 1.82) is 0 Å². The molecule has 0 aromatic heterocycles. The summed E-state index contributed by atoms with van der Waals surface area (Å²) in [7, 11) is 0. The number of hydrogen-bond acceptors (Lipinski definition) is 8. The van der Waals surface area contributed by atoms with E-state index in [1.165, 1.54) is 6.92 Å². The number of carbonyl (C=O) groups is 1. The molecule has 4 aromatic rings. The van der Waals surface area contributed by atoms with Crippen LogP contribution in [0.4, 0.5) is 11.4 Å². The Balaban J connectivity index is 1.20. The minimum atomic E-state index is -0.586. The van der Waals surface area contributed by atoms with Crippen LogP contribution in [0, 0.1) is 16.0 Å². The molecule has 0 aliphatic carbocycles. The van der Waals surface area contributed by atoms with Crippen LogP contribution in [0.25, 0.3) is 11.1 Å². The summed E-state index contributed by atoms with van der Waals surface area (Å²) < 4.78 is 13.5. The summed E-state index contributed by atoms with van der Waals surface area (Å²) >= 11 is 0. The molecule has 2 aliphatic rings. The fourth-order valence-electron chi connectivity index (χ4n) is 6.51. The lowest BCUT2D eigenvalue weighted by atomic mass is 9.89. The lowest BCUT2D eigenvalue weighted by Crippen LogP contribution is -2.51. The van der Waals surface area contributed by atoms with Crippen LogP contribution < -0.4 is 10.2 Å². The summed E-state index contributed by atoms with van der Waals surface area (Å²) in [5.74, 6) is -0.00716. The Morgan fingerprint density at radius 3 is 2.23 bits per heavy atom. The maximum absolute atomic E-state index is 11.5. The van der Waals surface area contributed by atoms with Gasteiger partial charge >= 0.3 is 0 Å². The number of amides is 1. The van der Waals surface area contributed by atoms with Crippen LogP contribution in [0.1, 0.15) is 48.5 Å².